The summed E-state index contributed by atoms with van der Waals surface area (Å²) in [5, 5.41) is 0. The molecule has 0 radical (unpaired) electrons. The Hall–Kier alpha value is -0.0400. The molecule has 0 aromatic rings. The molecular formula is C9H17N. The van der Waals surface area contributed by atoms with E-state index in [2.05, 4.69) is 19.0 Å². The van der Waals surface area contributed by atoms with E-state index in [-0.39, 0.29) is 0 Å². The lowest BCUT2D eigenvalue weighted by atomic mass is 10.0. The first-order chi connectivity index (χ1) is 4.75. The van der Waals surface area contributed by atoms with Crippen LogP contribution in [0.4, 0.5) is 0 Å². The van der Waals surface area contributed by atoms with E-state index in [0.717, 1.165) is 17.8 Å². The van der Waals surface area contributed by atoms with Gasteiger partial charge >= 0.3 is 0 Å². The number of fused-ring (bicyclic) bond motifs is 1. The summed E-state index contributed by atoms with van der Waals surface area (Å²) in [5.41, 5.74) is 0. The third-order valence-electron chi connectivity index (χ3n) is 2.96. The van der Waals surface area contributed by atoms with Gasteiger partial charge in [-0.3, -0.25) is 0 Å². The third-order valence-corrected chi connectivity index (χ3v) is 2.96. The quantitative estimate of drug-likeness (QED) is 0.561. The first-order valence-corrected chi connectivity index (χ1v) is 4.40. The van der Waals surface area contributed by atoms with Crippen LogP contribution < -0.4 is 0 Å². The average molecular weight is 139 g/mol. The molecule has 0 heterocycles. The van der Waals surface area contributed by atoms with E-state index >= 15 is 0 Å². The molecule has 2 rings (SSSR count). The maximum Gasteiger partial charge on any atom is 0.000377 e. The molecule has 10 heavy (non-hydrogen) atoms. The van der Waals surface area contributed by atoms with Gasteiger partial charge in [-0.2, -0.15) is 0 Å². The maximum atomic E-state index is 2.33. The van der Waals surface area contributed by atoms with Gasteiger partial charge in [-0.15, -0.1) is 0 Å². The topological polar surface area (TPSA) is 3.24 Å². The van der Waals surface area contributed by atoms with Crippen molar-refractivity contribution in [2.45, 2.75) is 19.3 Å². The first-order valence-electron chi connectivity index (χ1n) is 4.40. The van der Waals surface area contributed by atoms with E-state index in [1.165, 1.54) is 19.4 Å². The first kappa shape index (κ1) is 6.66. The van der Waals surface area contributed by atoms with E-state index in [1.807, 2.05) is 0 Å². The van der Waals surface area contributed by atoms with Gasteiger partial charge in [0.2, 0.25) is 0 Å². The zero-order valence-corrected chi connectivity index (χ0v) is 7.01. The fourth-order valence-corrected chi connectivity index (χ4v) is 2.51. The van der Waals surface area contributed by atoms with E-state index < -0.39 is 0 Å². The van der Waals surface area contributed by atoms with Crippen molar-refractivity contribution in [3.05, 3.63) is 0 Å². The Kier molecular flexibility index (Phi) is 1.48. The number of nitrogens with zero attached hydrogens (tertiary/aromatic N) is 1. The monoisotopic (exact) mass is 139 g/mol. The molecule has 0 aliphatic heterocycles. The largest absolute Gasteiger partial charge is 0.309 e. The van der Waals surface area contributed by atoms with Crippen LogP contribution in [0.15, 0.2) is 0 Å². The van der Waals surface area contributed by atoms with Crippen LogP contribution in [0.2, 0.25) is 0 Å². The molecule has 2 aliphatic rings. The Labute approximate surface area is 63.4 Å². The second kappa shape index (κ2) is 2.23. The molecule has 2 fully saturated rings. The Balaban J connectivity index is 1.76. The highest BCUT2D eigenvalue weighted by Gasteiger charge is 2.45. The zero-order valence-electron chi connectivity index (χ0n) is 7.01. The van der Waals surface area contributed by atoms with Gasteiger partial charge in [0.1, 0.15) is 0 Å². The van der Waals surface area contributed by atoms with Gasteiger partial charge in [0, 0.05) is 6.54 Å². The Morgan fingerprint density at radius 1 is 1.10 bits per heavy atom. The van der Waals surface area contributed by atoms with Gasteiger partial charge in [-0.05, 0) is 51.1 Å². The summed E-state index contributed by atoms with van der Waals surface area (Å²) in [5.74, 6) is 3.36. The third kappa shape index (κ3) is 1.20. The molecule has 2 saturated carbocycles. The summed E-state index contributed by atoms with van der Waals surface area (Å²) < 4.78 is 0. The highest BCUT2D eigenvalue weighted by molar-refractivity contribution is 4.96. The van der Waals surface area contributed by atoms with E-state index in [0.29, 0.717) is 0 Å². The van der Waals surface area contributed by atoms with E-state index in [4.69, 9.17) is 0 Å². The second-order valence-corrected chi connectivity index (χ2v) is 4.36. The fraction of sp³-hybridized carbons (Fsp3) is 1.00. The van der Waals surface area contributed by atoms with Crippen LogP contribution in [-0.2, 0) is 0 Å². The molecule has 2 atom stereocenters. The maximum absolute atomic E-state index is 2.33. The molecule has 0 saturated heterocycles. The van der Waals surface area contributed by atoms with Gasteiger partial charge in [0.25, 0.3) is 0 Å². The SMILES string of the molecule is CN(C)CC1CC2CC2C1. The molecule has 2 unspecified atom stereocenters. The minimum Gasteiger partial charge on any atom is -0.309 e. The molecule has 0 N–H and O–H groups in total. The summed E-state index contributed by atoms with van der Waals surface area (Å²) in [4.78, 5) is 2.33. The Bertz CT molecular complexity index is 121. The molecule has 0 aromatic heterocycles. The summed E-state index contributed by atoms with van der Waals surface area (Å²) in [6.45, 7) is 1.33. The van der Waals surface area contributed by atoms with Crippen LogP contribution in [0.25, 0.3) is 0 Å². The standard InChI is InChI=1S/C9H17N/c1-10(2)6-7-3-8-5-9(8)4-7/h7-9H,3-6H2,1-2H3. The molecule has 2 aliphatic carbocycles. The van der Waals surface area contributed by atoms with Crippen molar-refractivity contribution < 1.29 is 0 Å². The number of hydrogen-bond acceptors (Lipinski definition) is 1. The minimum atomic E-state index is 1.04. The molecule has 0 aromatic carbocycles. The lowest BCUT2D eigenvalue weighted by Crippen LogP contribution is -2.20. The average Bonchev–Trinajstić information content (AvgIpc) is 2.39. The van der Waals surface area contributed by atoms with Gasteiger partial charge in [-0.25, -0.2) is 0 Å². The van der Waals surface area contributed by atoms with Gasteiger partial charge in [-0.1, -0.05) is 0 Å². The van der Waals surface area contributed by atoms with Crippen LogP contribution in [-0.4, -0.2) is 25.5 Å². The van der Waals surface area contributed by atoms with Crippen molar-refractivity contribution in [2.24, 2.45) is 17.8 Å². The van der Waals surface area contributed by atoms with Crippen LogP contribution in [0, 0.1) is 17.8 Å². The molecule has 1 nitrogen and oxygen atoms in total. The van der Waals surface area contributed by atoms with Crippen molar-refractivity contribution in [1.29, 1.82) is 0 Å². The van der Waals surface area contributed by atoms with Crippen molar-refractivity contribution in [2.75, 3.05) is 20.6 Å². The normalized spacial score (nSPS) is 44.1. The highest BCUT2D eigenvalue weighted by atomic mass is 15.1. The highest BCUT2D eigenvalue weighted by Crippen LogP contribution is 2.54. The van der Waals surface area contributed by atoms with Crippen molar-refractivity contribution in [3.8, 4) is 0 Å². The predicted octanol–water partition coefficient (Wildman–Crippen LogP) is 1.59. The molecule has 0 spiro atoms. The van der Waals surface area contributed by atoms with Crippen molar-refractivity contribution in [1.82, 2.24) is 4.90 Å². The number of rotatable bonds is 2. The van der Waals surface area contributed by atoms with Crippen LogP contribution in [0.5, 0.6) is 0 Å². The van der Waals surface area contributed by atoms with Crippen molar-refractivity contribution >= 4 is 0 Å². The van der Waals surface area contributed by atoms with Gasteiger partial charge < -0.3 is 4.90 Å². The van der Waals surface area contributed by atoms with E-state index in [9.17, 15) is 0 Å². The number of hydrogen-bond donors (Lipinski definition) is 0. The smallest absolute Gasteiger partial charge is 0.000377 e. The summed E-state index contributed by atoms with van der Waals surface area (Å²) in [6, 6.07) is 0. The van der Waals surface area contributed by atoms with Crippen LogP contribution in [0.1, 0.15) is 19.3 Å². The van der Waals surface area contributed by atoms with E-state index in [1.54, 1.807) is 6.42 Å². The minimum absolute atomic E-state index is 1.04. The second-order valence-electron chi connectivity index (χ2n) is 4.36. The Morgan fingerprint density at radius 2 is 1.70 bits per heavy atom. The molecule has 58 valence electrons. The predicted molar refractivity (Wildman–Crippen MR) is 42.9 cm³/mol. The summed E-state index contributed by atoms with van der Waals surface area (Å²) in [7, 11) is 4.37. The molecule has 0 bridgehead atoms. The molecule has 0 amide bonds. The fourth-order valence-electron chi connectivity index (χ4n) is 2.51. The summed E-state index contributed by atoms with van der Waals surface area (Å²) in [6.07, 6.45) is 4.62. The Morgan fingerprint density at radius 3 is 2.20 bits per heavy atom. The molecular weight excluding hydrogens is 122 g/mol. The van der Waals surface area contributed by atoms with Crippen LogP contribution in [0.3, 0.4) is 0 Å². The molecule has 1 heteroatoms. The lowest BCUT2D eigenvalue weighted by Gasteiger charge is -2.16. The van der Waals surface area contributed by atoms with Gasteiger partial charge in [0.05, 0.1) is 0 Å². The summed E-state index contributed by atoms with van der Waals surface area (Å²) >= 11 is 0. The lowest BCUT2D eigenvalue weighted by molar-refractivity contribution is 0.313. The van der Waals surface area contributed by atoms with Gasteiger partial charge in [0.15, 0.2) is 0 Å². The van der Waals surface area contributed by atoms with Crippen LogP contribution >= 0.6 is 0 Å². The zero-order chi connectivity index (χ0) is 7.14. The van der Waals surface area contributed by atoms with Crippen molar-refractivity contribution in [3.63, 3.8) is 0 Å².